The lowest BCUT2D eigenvalue weighted by atomic mass is 9.74. The Bertz CT molecular complexity index is 397. The number of ether oxygens (including phenoxy) is 2. The first kappa shape index (κ1) is 13.9. The van der Waals surface area contributed by atoms with Crippen molar-refractivity contribution < 1.29 is 9.47 Å². The Morgan fingerprint density at radius 3 is 3.00 bits per heavy atom. The summed E-state index contributed by atoms with van der Waals surface area (Å²) in [4.78, 5) is 0. The molecule has 1 aromatic carbocycles. The van der Waals surface area contributed by atoms with Gasteiger partial charge in [-0.3, -0.25) is 0 Å². The van der Waals surface area contributed by atoms with Gasteiger partial charge < -0.3 is 9.47 Å². The van der Waals surface area contributed by atoms with Crippen molar-refractivity contribution in [2.24, 2.45) is 0 Å². The molecule has 0 spiro atoms. The van der Waals surface area contributed by atoms with Gasteiger partial charge in [-0.2, -0.15) is 0 Å². The predicted molar refractivity (Wildman–Crippen MR) is 77.3 cm³/mol. The summed E-state index contributed by atoms with van der Waals surface area (Å²) in [5, 5.41) is 0. The number of methoxy groups -OCH3 is 1. The predicted octanol–water partition coefficient (Wildman–Crippen LogP) is 4.31. The lowest BCUT2D eigenvalue weighted by Crippen LogP contribution is -2.31. The molecule has 0 bridgehead atoms. The van der Waals surface area contributed by atoms with Crippen LogP contribution in [-0.4, -0.2) is 20.3 Å². The molecule has 1 aromatic rings. The van der Waals surface area contributed by atoms with Crippen molar-refractivity contribution in [3.8, 4) is 5.75 Å². The molecule has 0 saturated heterocycles. The van der Waals surface area contributed by atoms with Gasteiger partial charge in [0.15, 0.2) is 0 Å². The summed E-state index contributed by atoms with van der Waals surface area (Å²) in [6, 6.07) is 6.38. The molecule has 0 radical (unpaired) electrons. The van der Waals surface area contributed by atoms with Gasteiger partial charge in [0, 0.05) is 22.6 Å². The summed E-state index contributed by atoms with van der Waals surface area (Å²) in [6.07, 6.45) is 4.55. The molecule has 1 aliphatic rings. The smallest absolute Gasteiger partial charge is 0.124 e. The average molecular weight is 313 g/mol. The van der Waals surface area contributed by atoms with Crippen LogP contribution in [0.1, 0.15) is 38.2 Å². The largest absolute Gasteiger partial charge is 0.493 e. The second kappa shape index (κ2) is 6.07. The van der Waals surface area contributed by atoms with Gasteiger partial charge in [0.05, 0.1) is 13.2 Å². The van der Waals surface area contributed by atoms with Crippen LogP contribution in [0.15, 0.2) is 22.7 Å². The van der Waals surface area contributed by atoms with Crippen molar-refractivity contribution in [3.05, 3.63) is 28.2 Å². The highest BCUT2D eigenvalue weighted by molar-refractivity contribution is 9.10. The van der Waals surface area contributed by atoms with E-state index in [0.29, 0.717) is 0 Å². The highest BCUT2D eigenvalue weighted by Crippen LogP contribution is 2.42. The van der Waals surface area contributed by atoms with E-state index in [2.05, 4.69) is 41.1 Å². The summed E-state index contributed by atoms with van der Waals surface area (Å²) in [5.74, 6) is 1.02. The second-order valence-corrected chi connectivity index (χ2v) is 5.97. The Hall–Kier alpha value is -0.540. The zero-order chi connectivity index (χ0) is 13.0. The van der Waals surface area contributed by atoms with Crippen LogP contribution in [0.3, 0.4) is 0 Å². The van der Waals surface area contributed by atoms with Crippen LogP contribution in [0.2, 0.25) is 0 Å². The van der Waals surface area contributed by atoms with E-state index in [-0.39, 0.29) is 5.41 Å². The molecule has 1 atom stereocenters. The zero-order valence-corrected chi connectivity index (χ0v) is 12.8. The van der Waals surface area contributed by atoms with Crippen LogP contribution in [0.4, 0.5) is 0 Å². The molecule has 0 aliphatic carbocycles. The Kier molecular flexibility index (Phi) is 4.68. The maximum Gasteiger partial charge on any atom is 0.124 e. The Labute approximate surface area is 118 Å². The molecule has 0 unspecified atom stereocenters. The quantitative estimate of drug-likeness (QED) is 0.825. The molecule has 0 aromatic heterocycles. The Morgan fingerprint density at radius 1 is 1.44 bits per heavy atom. The molecule has 3 heteroatoms. The Balaban J connectivity index is 2.46. The highest BCUT2D eigenvalue weighted by atomic mass is 79.9. The number of rotatable bonds is 4. The average Bonchev–Trinajstić information content (AvgIpc) is 2.50. The van der Waals surface area contributed by atoms with Gasteiger partial charge in [0.25, 0.3) is 0 Å². The maximum atomic E-state index is 5.89. The van der Waals surface area contributed by atoms with E-state index in [0.717, 1.165) is 42.7 Å². The van der Waals surface area contributed by atoms with Crippen LogP contribution in [0.25, 0.3) is 0 Å². The molecular formula is C15H21BrO2. The highest BCUT2D eigenvalue weighted by Gasteiger charge is 2.35. The van der Waals surface area contributed by atoms with E-state index >= 15 is 0 Å². The number of hydrogen-bond acceptors (Lipinski definition) is 2. The standard InChI is InChI=1S/C15H21BrO2/c1-3-7-15(11-17-2)8-4-9-18-14-10-12(16)5-6-13(14)15/h5-6,10H,3-4,7-9,11H2,1-2H3/t15-/m0/s1. The molecule has 2 nitrogen and oxygen atoms in total. The van der Waals surface area contributed by atoms with Crippen molar-refractivity contribution in [1.82, 2.24) is 0 Å². The monoisotopic (exact) mass is 312 g/mol. The second-order valence-electron chi connectivity index (χ2n) is 5.06. The number of halogens is 1. The van der Waals surface area contributed by atoms with E-state index in [9.17, 15) is 0 Å². The van der Waals surface area contributed by atoms with Crippen LogP contribution in [0.5, 0.6) is 5.75 Å². The van der Waals surface area contributed by atoms with E-state index in [1.807, 2.05) is 0 Å². The van der Waals surface area contributed by atoms with Gasteiger partial charge in [0.2, 0.25) is 0 Å². The minimum absolute atomic E-state index is 0.121. The Morgan fingerprint density at radius 2 is 2.28 bits per heavy atom. The molecule has 18 heavy (non-hydrogen) atoms. The van der Waals surface area contributed by atoms with Crippen LogP contribution in [0, 0.1) is 0 Å². The van der Waals surface area contributed by atoms with Crippen molar-refractivity contribution in [2.75, 3.05) is 20.3 Å². The fraction of sp³-hybridized carbons (Fsp3) is 0.600. The lowest BCUT2D eigenvalue weighted by Gasteiger charge is -2.33. The molecule has 100 valence electrons. The first-order valence-corrected chi connectivity index (χ1v) is 7.43. The fourth-order valence-corrected chi connectivity index (χ4v) is 3.36. The van der Waals surface area contributed by atoms with Gasteiger partial charge in [-0.15, -0.1) is 0 Å². The molecule has 0 amide bonds. The van der Waals surface area contributed by atoms with Gasteiger partial charge in [0.1, 0.15) is 5.75 Å². The van der Waals surface area contributed by atoms with Gasteiger partial charge in [-0.05, 0) is 31.4 Å². The van der Waals surface area contributed by atoms with Crippen molar-refractivity contribution >= 4 is 15.9 Å². The van der Waals surface area contributed by atoms with E-state index in [4.69, 9.17) is 9.47 Å². The maximum absolute atomic E-state index is 5.89. The summed E-state index contributed by atoms with van der Waals surface area (Å²) in [6.45, 7) is 3.82. The third-order valence-electron chi connectivity index (χ3n) is 3.72. The first-order chi connectivity index (χ1) is 8.72. The zero-order valence-electron chi connectivity index (χ0n) is 11.2. The summed E-state index contributed by atoms with van der Waals surface area (Å²) < 4.78 is 12.5. The first-order valence-electron chi connectivity index (χ1n) is 6.63. The van der Waals surface area contributed by atoms with E-state index in [1.165, 1.54) is 12.0 Å². The molecule has 2 rings (SSSR count). The number of fused-ring (bicyclic) bond motifs is 1. The minimum Gasteiger partial charge on any atom is -0.493 e. The number of benzene rings is 1. The van der Waals surface area contributed by atoms with Crippen molar-refractivity contribution in [2.45, 2.75) is 38.0 Å². The summed E-state index contributed by atoms with van der Waals surface area (Å²) in [7, 11) is 1.79. The minimum atomic E-state index is 0.121. The van der Waals surface area contributed by atoms with E-state index < -0.39 is 0 Å². The van der Waals surface area contributed by atoms with Crippen molar-refractivity contribution in [1.29, 1.82) is 0 Å². The summed E-state index contributed by atoms with van der Waals surface area (Å²) >= 11 is 3.52. The van der Waals surface area contributed by atoms with Crippen LogP contribution < -0.4 is 4.74 Å². The van der Waals surface area contributed by atoms with Gasteiger partial charge in [-0.1, -0.05) is 35.3 Å². The topological polar surface area (TPSA) is 18.5 Å². The normalized spacial score (nSPS) is 23.1. The van der Waals surface area contributed by atoms with Crippen LogP contribution in [-0.2, 0) is 10.2 Å². The molecule has 0 fully saturated rings. The van der Waals surface area contributed by atoms with Gasteiger partial charge in [-0.25, -0.2) is 0 Å². The van der Waals surface area contributed by atoms with Crippen LogP contribution >= 0.6 is 15.9 Å². The van der Waals surface area contributed by atoms with Gasteiger partial charge >= 0.3 is 0 Å². The lowest BCUT2D eigenvalue weighted by molar-refractivity contribution is 0.117. The number of hydrogen-bond donors (Lipinski definition) is 0. The van der Waals surface area contributed by atoms with E-state index in [1.54, 1.807) is 7.11 Å². The fourth-order valence-electron chi connectivity index (χ4n) is 3.02. The SMILES string of the molecule is CCC[C@@]1(COC)CCCOc2cc(Br)ccc21. The third kappa shape index (κ3) is 2.72. The molecule has 1 aliphatic heterocycles. The third-order valence-corrected chi connectivity index (χ3v) is 4.21. The summed E-state index contributed by atoms with van der Waals surface area (Å²) in [5.41, 5.74) is 1.43. The van der Waals surface area contributed by atoms with Crippen molar-refractivity contribution in [3.63, 3.8) is 0 Å². The molecular weight excluding hydrogens is 292 g/mol. The molecule has 0 saturated carbocycles. The molecule has 1 heterocycles. The molecule has 0 N–H and O–H groups in total.